The lowest BCUT2D eigenvalue weighted by Gasteiger charge is -2.04. The average Bonchev–Trinajstić information content (AvgIpc) is 2.53. The molecule has 1 aromatic rings. The fourth-order valence-electron chi connectivity index (χ4n) is 1.34. The van der Waals surface area contributed by atoms with E-state index >= 15 is 0 Å². The van der Waals surface area contributed by atoms with Gasteiger partial charge in [0, 0.05) is 12.8 Å². The Labute approximate surface area is 111 Å². The number of nitrogen functional groups attached to an aromatic ring is 1. The van der Waals surface area contributed by atoms with Crippen LogP contribution in [0.2, 0.25) is 0 Å². The molecule has 0 saturated carbocycles. The van der Waals surface area contributed by atoms with E-state index in [4.69, 9.17) is 11.0 Å². The summed E-state index contributed by atoms with van der Waals surface area (Å²) >= 11 is 1.06. The number of thiophene rings is 1. The molecule has 1 rings (SSSR count). The predicted molar refractivity (Wildman–Crippen MR) is 74.5 cm³/mol. The highest BCUT2D eigenvalue weighted by molar-refractivity contribution is 7.91. The summed E-state index contributed by atoms with van der Waals surface area (Å²) in [5.74, 6) is 0. The van der Waals surface area contributed by atoms with Gasteiger partial charge < -0.3 is 11.1 Å². The second-order valence-corrected chi connectivity index (χ2v) is 7.02. The molecule has 0 aliphatic heterocycles. The Balaban J connectivity index is 3.20. The van der Waals surface area contributed by atoms with Crippen molar-refractivity contribution in [1.82, 2.24) is 0 Å². The van der Waals surface area contributed by atoms with E-state index in [9.17, 15) is 8.42 Å². The Bertz CT molecular complexity index is 617. The molecule has 98 valence electrons. The van der Waals surface area contributed by atoms with Crippen molar-refractivity contribution in [2.45, 2.75) is 18.7 Å². The molecule has 18 heavy (non-hydrogen) atoms. The van der Waals surface area contributed by atoms with Crippen molar-refractivity contribution >= 4 is 31.9 Å². The van der Waals surface area contributed by atoms with Gasteiger partial charge in [-0.15, -0.1) is 11.3 Å². The van der Waals surface area contributed by atoms with Crippen molar-refractivity contribution in [2.75, 3.05) is 23.9 Å². The van der Waals surface area contributed by atoms with Crippen LogP contribution in [0.3, 0.4) is 0 Å². The third kappa shape index (κ3) is 3.24. The molecule has 0 aromatic carbocycles. The van der Waals surface area contributed by atoms with Crippen LogP contribution in [0.25, 0.3) is 0 Å². The SMILES string of the molecule is CC(C)=CCNc1sc(C#N)c(N)c1S(C)(=O)=O. The number of nitrogens with one attached hydrogen (secondary N) is 1. The molecule has 5 nitrogen and oxygen atoms in total. The zero-order chi connectivity index (χ0) is 13.9. The Morgan fingerprint density at radius 1 is 1.56 bits per heavy atom. The topological polar surface area (TPSA) is 96.0 Å². The van der Waals surface area contributed by atoms with E-state index in [1.54, 1.807) is 0 Å². The first kappa shape index (κ1) is 14.5. The van der Waals surface area contributed by atoms with Gasteiger partial charge in [-0.1, -0.05) is 11.6 Å². The van der Waals surface area contributed by atoms with Gasteiger partial charge in [-0.05, 0) is 13.8 Å². The van der Waals surface area contributed by atoms with Gasteiger partial charge >= 0.3 is 0 Å². The van der Waals surface area contributed by atoms with Gasteiger partial charge in [0.2, 0.25) is 0 Å². The highest BCUT2D eigenvalue weighted by atomic mass is 32.2. The number of nitrogens with zero attached hydrogens (tertiary/aromatic N) is 1. The molecule has 0 radical (unpaired) electrons. The quantitative estimate of drug-likeness (QED) is 0.825. The van der Waals surface area contributed by atoms with Crippen molar-refractivity contribution < 1.29 is 8.42 Å². The summed E-state index contributed by atoms with van der Waals surface area (Å²) in [6.45, 7) is 4.39. The lowest BCUT2D eigenvalue weighted by Crippen LogP contribution is -2.05. The van der Waals surface area contributed by atoms with Crippen LogP contribution < -0.4 is 11.1 Å². The molecule has 0 unspecified atom stereocenters. The smallest absolute Gasteiger partial charge is 0.180 e. The molecular formula is C11H15N3O2S2. The van der Waals surface area contributed by atoms with Crippen molar-refractivity contribution in [3.8, 4) is 6.07 Å². The molecule has 0 amide bonds. The molecule has 0 saturated heterocycles. The van der Waals surface area contributed by atoms with E-state index in [-0.39, 0.29) is 15.5 Å². The van der Waals surface area contributed by atoms with Crippen LogP contribution in [0.1, 0.15) is 18.7 Å². The number of allylic oxidation sites excluding steroid dienone is 1. The zero-order valence-electron chi connectivity index (χ0n) is 10.4. The highest BCUT2D eigenvalue weighted by Gasteiger charge is 2.23. The number of anilines is 2. The number of nitriles is 1. The summed E-state index contributed by atoms with van der Waals surface area (Å²) in [7, 11) is -3.45. The van der Waals surface area contributed by atoms with Gasteiger partial charge in [0.05, 0.1) is 5.69 Å². The lowest BCUT2D eigenvalue weighted by atomic mass is 10.3. The summed E-state index contributed by atoms with van der Waals surface area (Å²) in [6.07, 6.45) is 3.01. The van der Waals surface area contributed by atoms with Gasteiger partial charge in [0.25, 0.3) is 0 Å². The average molecular weight is 285 g/mol. The molecule has 0 bridgehead atoms. The normalized spacial score (nSPS) is 10.8. The van der Waals surface area contributed by atoms with Crippen molar-refractivity contribution in [2.24, 2.45) is 0 Å². The van der Waals surface area contributed by atoms with E-state index in [1.165, 1.54) is 0 Å². The van der Waals surface area contributed by atoms with Crippen LogP contribution in [-0.2, 0) is 9.84 Å². The standard InChI is InChI=1S/C11H15N3O2S2/c1-7(2)4-5-14-11-10(18(3,15)16)9(13)8(6-12)17-11/h4,14H,5,13H2,1-3H3. The molecule has 7 heteroatoms. The number of nitrogens with two attached hydrogens (primary N) is 1. The third-order valence-corrected chi connectivity index (χ3v) is 4.51. The highest BCUT2D eigenvalue weighted by Crippen LogP contribution is 2.38. The molecule has 3 N–H and O–H groups in total. The van der Waals surface area contributed by atoms with Crippen molar-refractivity contribution in [1.29, 1.82) is 5.26 Å². The third-order valence-electron chi connectivity index (χ3n) is 2.14. The second kappa shape index (κ2) is 5.42. The van der Waals surface area contributed by atoms with E-state index in [1.807, 2.05) is 26.0 Å². The number of hydrogen-bond donors (Lipinski definition) is 2. The van der Waals surface area contributed by atoms with Crippen molar-refractivity contribution in [3.05, 3.63) is 16.5 Å². The summed E-state index contributed by atoms with van der Waals surface area (Å²) in [5, 5.41) is 12.3. The first-order valence-corrected chi connectivity index (χ1v) is 7.87. The van der Waals surface area contributed by atoms with Gasteiger partial charge in [-0.3, -0.25) is 0 Å². The maximum atomic E-state index is 11.7. The van der Waals surface area contributed by atoms with Crippen LogP contribution >= 0.6 is 11.3 Å². The summed E-state index contributed by atoms with van der Waals surface area (Å²) in [5.41, 5.74) is 6.84. The molecule has 0 aliphatic carbocycles. The van der Waals surface area contributed by atoms with E-state index in [0.29, 0.717) is 11.5 Å². The van der Waals surface area contributed by atoms with Crippen LogP contribution in [-0.4, -0.2) is 21.2 Å². The minimum atomic E-state index is -3.45. The first-order chi connectivity index (χ1) is 8.27. The fraction of sp³-hybridized carbons (Fsp3) is 0.364. The minimum absolute atomic E-state index is 0.0196. The number of rotatable bonds is 4. The Hall–Kier alpha value is -1.52. The van der Waals surface area contributed by atoms with Gasteiger partial charge in [0.15, 0.2) is 9.84 Å². The Morgan fingerprint density at radius 2 is 2.17 bits per heavy atom. The minimum Gasteiger partial charge on any atom is -0.396 e. The maximum absolute atomic E-state index is 11.7. The Morgan fingerprint density at radius 3 is 2.61 bits per heavy atom. The zero-order valence-corrected chi connectivity index (χ0v) is 12.1. The van der Waals surface area contributed by atoms with Crippen LogP contribution in [0.5, 0.6) is 0 Å². The molecule has 1 aromatic heterocycles. The van der Waals surface area contributed by atoms with Gasteiger partial charge in [0.1, 0.15) is 20.8 Å². The van der Waals surface area contributed by atoms with Crippen LogP contribution in [0.15, 0.2) is 16.5 Å². The van der Waals surface area contributed by atoms with Gasteiger partial charge in [-0.25, -0.2) is 8.42 Å². The largest absolute Gasteiger partial charge is 0.396 e. The monoisotopic (exact) mass is 285 g/mol. The second-order valence-electron chi connectivity index (χ2n) is 4.05. The molecule has 0 aliphatic rings. The van der Waals surface area contributed by atoms with E-state index in [2.05, 4.69) is 5.32 Å². The van der Waals surface area contributed by atoms with Crippen LogP contribution in [0, 0.1) is 11.3 Å². The summed E-state index contributed by atoms with van der Waals surface area (Å²) in [6, 6.07) is 1.90. The maximum Gasteiger partial charge on any atom is 0.180 e. The lowest BCUT2D eigenvalue weighted by molar-refractivity contribution is 0.603. The molecule has 0 spiro atoms. The first-order valence-electron chi connectivity index (χ1n) is 5.17. The van der Waals surface area contributed by atoms with Crippen LogP contribution in [0.4, 0.5) is 10.7 Å². The molecule has 0 fully saturated rings. The number of hydrogen-bond acceptors (Lipinski definition) is 6. The van der Waals surface area contributed by atoms with Gasteiger partial charge in [-0.2, -0.15) is 5.26 Å². The van der Waals surface area contributed by atoms with Crippen molar-refractivity contribution in [3.63, 3.8) is 0 Å². The fourth-order valence-corrected chi connectivity index (χ4v) is 3.72. The summed E-state index contributed by atoms with van der Waals surface area (Å²) in [4.78, 5) is 0.237. The molecule has 0 atom stereocenters. The van der Waals surface area contributed by atoms with E-state index < -0.39 is 9.84 Å². The molecular weight excluding hydrogens is 270 g/mol. The molecule has 1 heterocycles. The van der Waals surface area contributed by atoms with E-state index in [0.717, 1.165) is 23.2 Å². The summed E-state index contributed by atoms with van der Waals surface area (Å²) < 4.78 is 23.3. The number of sulfone groups is 1. The Kier molecular flexibility index (Phi) is 4.38. The predicted octanol–water partition coefficient (Wildman–Crippen LogP) is 1.98.